The van der Waals surface area contributed by atoms with Gasteiger partial charge in [-0.3, -0.25) is 5.32 Å². The van der Waals surface area contributed by atoms with Crippen LogP contribution in [-0.2, 0) is 9.53 Å². The van der Waals surface area contributed by atoms with Crippen LogP contribution in [0.1, 0.15) is 30.9 Å². The molecule has 29 heavy (non-hydrogen) atoms. The number of anilines is 1. The Labute approximate surface area is 193 Å². The minimum atomic E-state index is -1.01. The molecule has 0 heterocycles. The molecule has 154 valence electrons. The number of aromatic hydroxyl groups is 1. The highest BCUT2D eigenvalue weighted by atomic mass is 79.9. The van der Waals surface area contributed by atoms with Crippen molar-refractivity contribution in [2.75, 3.05) is 5.32 Å². The minimum Gasteiger partial charge on any atom is -0.506 e. The quantitative estimate of drug-likeness (QED) is 0.232. The van der Waals surface area contributed by atoms with Gasteiger partial charge in [-0.15, -0.1) is 0 Å². The summed E-state index contributed by atoms with van der Waals surface area (Å²) in [6.07, 6.45) is 2.68. The largest absolute Gasteiger partial charge is 0.506 e. The summed E-state index contributed by atoms with van der Waals surface area (Å²) in [7, 11) is 0. The van der Waals surface area contributed by atoms with Crippen LogP contribution in [0, 0.1) is 0 Å². The number of carbonyl (C=O) groups excluding carboxylic acids is 1. The molecule has 1 atom stereocenters. The maximum absolute atomic E-state index is 12.4. The van der Waals surface area contributed by atoms with E-state index in [1.165, 1.54) is 6.08 Å². The summed E-state index contributed by atoms with van der Waals surface area (Å²) < 4.78 is 7.65. The molecule has 3 N–H and O–H groups in total. The molecule has 0 aliphatic rings. The third kappa shape index (κ3) is 7.83. The van der Waals surface area contributed by atoms with Crippen molar-refractivity contribution in [1.29, 1.82) is 0 Å². The highest BCUT2D eigenvalue weighted by Crippen LogP contribution is 2.38. The molecule has 0 radical (unpaired) electrons. The Bertz CT molecular complexity index is 900. The number of carbonyl (C=O) groups is 2. The van der Waals surface area contributed by atoms with Gasteiger partial charge in [0.15, 0.2) is 0 Å². The van der Waals surface area contributed by atoms with Crippen LogP contribution >= 0.6 is 47.8 Å². The van der Waals surface area contributed by atoms with Gasteiger partial charge in [0, 0.05) is 26.3 Å². The number of ether oxygens (including phenoxy) is 1. The molecule has 0 saturated heterocycles. The number of hydrogen-bond acceptors (Lipinski definition) is 4. The maximum atomic E-state index is 12.4. The Hall–Kier alpha value is -1.84. The number of benzene rings is 2. The van der Waals surface area contributed by atoms with Crippen molar-refractivity contribution in [3.05, 3.63) is 67.5 Å². The second kappa shape index (κ2) is 11.4. The summed E-state index contributed by atoms with van der Waals surface area (Å²) in [6, 6.07) is 10.4. The van der Waals surface area contributed by atoms with E-state index >= 15 is 0 Å². The molecule has 1 amide bonds. The smallest absolute Gasteiger partial charge is 0.412 e. The highest BCUT2D eigenvalue weighted by molar-refractivity contribution is 9.11. The SMILES string of the molecule is O=C(O)/C=C/CCC[C@H](OC(=O)Nc1ccc(Br)cc1)c1cc(Br)cc(Br)c1O. The van der Waals surface area contributed by atoms with Gasteiger partial charge in [0.2, 0.25) is 0 Å². The first kappa shape index (κ1) is 23.4. The molecule has 2 rings (SSSR count). The highest BCUT2D eigenvalue weighted by Gasteiger charge is 2.22. The molecule has 0 fully saturated rings. The fourth-order valence-electron chi connectivity index (χ4n) is 2.52. The van der Waals surface area contributed by atoms with Crippen LogP contribution < -0.4 is 5.32 Å². The molecular weight excluding hydrogens is 574 g/mol. The number of phenolic OH excluding ortho intramolecular Hbond substituents is 1. The van der Waals surface area contributed by atoms with Crippen molar-refractivity contribution in [2.45, 2.75) is 25.4 Å². The summed E-state index contributed by atoms with van der Waals surface area (Å²) >= 11 is 9.99. The molecule has 0 aliphatic carbocycles. The van der Waals surface area contributed by atoms with Gasteiger partial charge in [-0.05, 0) is 71.6 Å². The zero-order chi connectivity index (χ0) is 21.4. The Morgan fingerprint density at radius 1 is 1.10 bits per heavy atom. The van der Waals surface area contributed by atoms with Gasteiger partial charge in [-0.1, -0.05) is 37.9 Å². The first-order chi connectivity index (χ1) is 13.8. The number of halogens is 3. The van der Waals surface area contributed by atoms with Crippen molar-refractivity contribution in [3.8, 4) is 5.75 Å². The average molecular weight is 592 g/mol. The molecule has 2 aromatic carbocycles. The third-order valence-corrected chi connectivity index (χ3v) is 5.43. The molecule has 9 heteroatoms. The van der Waals surface area contributed by atoms with E-state index in [0.717, 1.165) is 10.5 Å². The van der Waals surface area contributed by atoms with Crippen LogP contribution in [0.4, 0.5) is 10.5 Å². The molecule has 0 aromatic heterocycles. The lowest BCUT2D eigenvalue weighted by atomic mass is 10.0. The number of phenols is 1. The number of hydrogen-bond donors (Lipinski definition) is 3. The lowest BCUT2D eigenvalue weighted by molar-refractivity contribution is -0.131. The molecule has 0 aliphatic heterocycles. The Kier molecular flexibility index (Phi) is 9.19. The normalized spacial score (nSPS) is 12.0. The van der Waals surface area contributed by atoms with Gasteiger partial charge < -0.3 is 14.9 Å². The van der Waals surface area contributed by atoms with Gasteiger partial charge in [-0.2, -0.15) is 0 Å². The topological polar surface area (TPSA) is 95.9 Å². The lowest BCUT2D eigenvalue weighted by Crippen LogP contribution is -2.18. The van der Waals surface area contributed by atoms with Gasteiger partial charge in [0.1, 0.15) is 11.9 Å². The summed E-state index contributed by atoms with van der Waals surface area (Å²) in [5, 5.41) is 21.7. The fourth-order valence-corrected chi connectivity index (χ4v) is 4.05. The van der Waals surface area contributed by atoms with E-state index in [4.69, 9.17) is 9.84 Å². The molecule has 6 nitrogen and oxygen atoms in total. The predicted molar refractivity (Wildman–Crippen MR) is 121 cm³/mol. The number of allylic oxidation sites excluding steroid dienone is 1. The van der Waals surface area contributed by atoms with Gasteiger partial charge in [-0.25, -0.2) is 9.59 Å². The maximum Gasteiger partial charge on any atom is 0.412 e. The third-order valence-electron chi connectivity index (χ3n) is 3.84. The number of amides is 1. The minimum absolute atomic E-state index is 0.0179. The number of rotatable bonds is 8. The second-order valence-corrected chi connectivity index (χ2v) is 8.71. The monoisotopic (exact) mass is 589 g/mol. The summed E-state index contributed by atoms with van der Waals surface area (Å²) in [5.74, 6) is -1.03. The Balaban J connectivity index is 2.14. The number of unbranched alkanes of at least 4 members (excludes halogenated alkanes) is 1. The van der Waals surface area contributed by atoms with E-state index < -0.39 is 18.2 Å². The van der Waals surface area contributed by atoms with E-state index in [1.807, 2.05) is 0 Å². The van der Waals surface area contributed by atoms with Crippen molar-refractivity contribution < 1.29 is 24.5 Å². The predicted octanol–water partition coefficient (Wildman–Crippen LogP) is 6.78. The first-order valence-electron chi connectivity index (χ1n) is 8.57. The van der Waals surface area contributed by atoms with Crippen LogP contribution in [0.5, 0.6) is 5.75 Å². The van der Waals surface area contributed by atoms with Gasteiger partial charge in [0.25, 0.3) is 0 Å². The van der Waals surface area contributed by atoms with E-state index in [-0.39, 0.29) is 5.75 Å². The molecule has 2 aromatic rings. The van der Waals surface area contributed by atoms with Crippen molar-refractivity contribution in [2.24, 2.45) is 0 Å². The van der Waals surface area contributed by atoms with Crippen LogP contribution in [0.3, 0.4) is 0 Å². The van der Waals surface area contributed by atoms with E-state index in [1.54, 1.807) is 36.4 Å². The van der Waals surface area contributed by atoms with Gasteiger partial charge >= 0.3 is 12.1 Å². The molecule has 0 saturated carbocycles. The van der Waals surface area contributed by atoms with Crippen molar-refractivity contribution >= 4 is 65.5 Å². The molecular formula is C20H18Br3NO5. The van der Waals surface area contributed by atoms with E-state index in [0.29, 0.717) is 39.5 Å². The standard InChI is InChI=1S/C20H18Br3NO5/c21-12-6-8-14(9-7-12)24-20(28)29-17(4-2-1-3-5-18(25)26)15-10-13(22)11-16(23)19(15)27/h3,5-11,17,27H,1-2,4H2,(H,24,28)(H,25,26)/b5-3+/t17-/m0/s1. The summed E-state index contributed by atoms with van der Waals surface area (Å²) in [5.41, 5.74) is 1.01. The zero-order valence-corrected chi connectivity index (χ0v) is 19.8. The van der Waals surface area contributed by atoms with Crippen molar-refractivity contribution in [3.63, 3.8) is 0 Å². The number of aliphatic carboxylic acids is 1. The fraction of sp³-hybridized carbons (Fsp3) is 0.200. The van der Waals surface area contributed by atoms with E-state index in [9.17, 15) is 14.7 Å². The molecule has 0 bridgehead atoms. The Morgan fingerprint density at radius 3 is 2.45 bits per heavy atom. The first-order valence-corrected chi connectivity index (χ1v) is 10.9. The number of nitrogens with one attached hydrogen (secondary N) is 1. The lowest BCUT2D eigenvalue weighted by Gasteiger charge is -2.20. The molecule has 0 spiro atoms. The summed E-state index contributed by atoms with van der Waals surface area (Å²) in [6.45, 7) is 0. The average Bonchev–Trinajstić information content (AvgIpc) is 2.65. The van der Waals surface area contributed by atoms with Crippen LogP contribution in [0.25, 0.3) is 0 Å². The second-order valence-electron chi connectivity index (χ2n) is 6.02. The van der Waals surface area contributed by atoms with Gasteiger partial charge in [0.05, 0.1) is 4.47 Å². The van der Waals surface area contributed by atoms with Crippen LogP contribution in [0.2, 0.25) is 0 Å². The van der Waals surface area contributed by atoms with Crippen LogP contribution in [-0.4, -0.2) is 22.3 Å². The van der Waals surface area contributed by atoms with Crippen LogP contribution in [0.15, 0.2) is 62.0 Å². The summed E-state index contributed by atoms with van der Waals surface area (Å²) in [4.78, 5) is 23.0. The number of carboxylic acids is 1. The van der Waals surface area contributed by atoms with E-state index in [2.05, 4.69) is 53.1 Å². The zero-order valence-electron chi connectivity index (χ0n) is 15.1. The number of carboxylic acid groups (broad SMARTS) is 1. The van der Waals surface area contributed by atoms with Crippen molar-refractivity contribution in [1.82, 2.24) is 0 Å². The molecule has 0 unspecified atom stereocenters. The Morgan fingerprint density at radius 2 is 1.79 bits per heavy atom.